The first-order valence-corrected chi connectivity index (χ1v) is 13.6. The average Bonchev–Trinajstić information content (AvgIpc) is 2.71. The third-order valence-corrected chi connectivity index (χ3v) is 7.09. The Labute approximate surface area is 187 Å². The summed E-state index contributed by atoms with van der Waals surface area (Å²) in [4.78, 5) is 23.4. The van der Waals surface area contributed by atoms with Gasteiger partial charge in [0.2, 0.25) is 0 Å². The zero-order valence-electron chi connectivity index (χ0n) is 18.0. The van der Waals surface area contributed by atoms with E-state index in [1.165, 1.54) is 0 Å². The Hall–Kier alpha value is -1.04. The number of unbranched alkanes of at least 4 members (excludes halogenated alkanes) is 3. The summed E-state index contributed by atoms with van der Waals surface area (Å²) in [5.74, 6) is -1.43. The third kappa shape index (κ3) is 12.0. The Balaban J connectivity index is 1.48. The van der Waals surface area contributed by atoms with Crippen LogP contribution in [0.15, 0.2) is 0 Å². The van der Waals surface area contributed by atoms with Gasteiger partial charge in [-0.05, 0) is 38.5 Å². The van der Waals surface area contributed by atoms with E-state index in [-0.39, 0.29) is 18.9 Å². The highest BCUT2D eigenvalue weighted by Gasteiger charge is 2.25. The minimum atomic E-state index is -4.31. The van der Waals surface area contributed by atoms with Crippen molar-refractivity contribution in [3.8, 4) is 0 Å². The van der Waals surface area contributed by atoms with Gasteiger partial charge in [0, 0.05) is 12.8 Å². The minimum absolute atomic E-state index is 0.0447. The molecule has 1 unspecified atom stereocenters. The van der Waals surface area contributed by atoms with Gasteiger partial charge in [0.05, 0.1) is 12.2 Å². The highest BCUT2D eigenvalue weighted by molar-refractivity contribution is 7.82. The SMILES string of the molecule is O=C(CCCCCCC(=O)OS(=O)(=O)OC1CCCCC1)OS(=O)OC1CCCCC1. The smallest absolute Gasteiger partial charge is 0.343 e. The molecule has 0 N–H and O–H groups in total. The number of carbonyl (C=O) groups is 2. The average molecular weight is 483 g/mol. The predicted octanol–water partition coefficient (Wildman–Crippen LogP) is 3.94. The molecule has 0 aromatic heterocycles. The maximum atomic E-state index is 11.8. The third-order valence-electron chi connectivity index (χ3n) is 5.44. The lowest BCUT2D eigenvalue weighted by Gasteiger charge is -2.20. The molecular weight excluding hydrogens is 448 g/mol. The second kappa shape index (κ2) is 14.2. The summed E-state index contributed by atoms with van der Waals surface area (Å²) >= 11 is -2.06. The normalized spacial score (nSPS) is 19.6. The molecule has 0 heterocycles. The fraction of sp³-hybridized carbons (Fsp3) is 0.900. The Morgan fingerprint density at radius 2 is 1.26 bits per heavy atom. The van der Waals surface area contributed by atoms with Crippen molar-refractivity contribution in [2.75, 3.05) is 0 Å². The molecule has 2 aliphatic carbocycles. The van der Waals surface area contributed by atoms with Crippen LogP contribution in [0.4, 0.5) is 0 Å². The monoisotopic (exact) mass is 482 g/mol. The van der Waals surface area contributed by atoms with E-state index in [1.807, 2.05) is 0 Å². The molecule has 180 valence electrons. The molecule has 11 heteroatoms. The fourth-order valence-electron chi connectivity index (χ4n) is 3.81. The van der Waals surface area contributed by atoms with Gasteiger partial charge in [0.1, 0.15) is 0 Å². The Morgan fingerprint density at radius 3 is 1.84 bits per heavy atom. The first-order valence-electron chi connectivity index (χ1n) is 11.3. The van der Waals surface area contributed by atoms with E-state index in [2.05, 4.69) is 4.18 Å². The second-order valence-electron chi connectivity index (χ2n) is 8.15. The van der Waals surface area contributed by atoms with Crippen LogP contribution in [0.2, 0.25) is 0 Å². The van der Waals surface area contributed by atoms with Crippen LogP contribution in [-0.2, 0) is 48.1 Å². The maximum Gasteiger partial charge on any atom is 0.451 e. The topological polar surface area (TPSA) is 122 Å². The van der Waals surface area contributed by atoms with Crippen molar-refractivity contribution < 1.29 is 38.9 Å². The first-order chi connectivity index (χ1) is 14.8. The minimum Gasteiger partial charge on any atom is -0.343 e. The molecule has 31 heavy (non-hydrogen) atoms. The lowest BCUT2D eigenvalue weighted by Crippen LogP contribution is -2.24. The van der Waals surface area contributed by atoms with Gasteiger partial charge in [-0.2, -0.15) is 12.6 Å². The number of rotatable bonds is 13. The van der Waals surface area contributed by atoms with E-state index >= 15 is 0 Å². The van der Waals surface area contributed by atoms with Crippen LogP contribution >= 0.6 is 0 Å². The Morgan fingerprint density at radius 1 is 0.742 bits per heavy atom. The highest BCUT2D eigenvalue weighted by atomic mass is 32.3. The van der Waals surface area contributed by atoms with Crippen molar-refractivity contribution in [3.05, 3.63) is 0 Å². The first kappa shape index (κ1) is 26.2. The summed E-state index contributed by atoms with van der Waals surface area (Å²) in [6.45, 7) is 0. The molecule has 2 saturated carbocycles. The molecule has 0 aromatic carbocycles. The highest BCUT2D eigenvalue weighted by Crippen LogP contribution is 2.23. The van der Waals surface area contributed by atoms with Crippen LogP contribution < -0.4 is 0 Å². The quantitative estimate of drug-likeness (QED) is 0.359. The zero-order valence-corrected chi connectivity index (χ0v) is 19.6. The molecule has 0 spiro atoms. The lowest BCUT2D eigenvalue weighted by molar-refractivity contribution is -0.136. The van der Waals surface area contributed by atoms with E-state index in [1.54, 1.807) is 0 Å². The van der Waals surface area contributed by atoms with Crippen molar-refractivity contribution in [2.24, 2.45) is 0 Å². The van der Waals surface area contributed by atoms with Crippen LogP contribution in [0.3, 0.4) is 0 Å². The molecule has 0 aromatic rings. The van der Waals surface area contributed by atoms with Crippen molar-refractivity contribution in [1.82, 2.24) is 0 Å². The van der Waals surface area contributed by atoms with Crippen LogP contribution in [-0.4, -0.2) is 36.8 Å². The van der Waals surface area contributed by atoms with E-state index in [0.717, 1.165) is 51.4 Å². The van der Waals surface area contributed by atoms with Gasteiger partial charge in [0.25, 0.3) is 0 Å². The summed E-state index contributed by atoms with van der Waals surface area (Å²) in [5.41, 5.74) is 0. The molecule has 0 amide bonds. The molecule has 1 atom stereocenters. The molecule has 0 aliphatic heterocycles. The van der Waals surface area contributed by atoms with Gasteiger partial charge >= 0.3 is 33.7 Å². The van der Waals surface area contributed by atoms with Crippen molar-refractivity contribution >= 4 is 33.7 Å². The molecule has 2 rings (SSSR count). The van der Waals surface area contributed by atoms with Gasteiger partial charge in [-0.1, -0.05) is 51.4 Å². The molecule has 0 bridgehead atoms. The molecule has 2 fully saturated rings. The Bertz CT molecular complexity index is 681. The molecular formula is C20H34O9S2. The summed E-state index contributed by atoms with van der Waals surface area (Å²) < 4.78 is 54.7. The summed E-state index contributed by atoms with van der Waals surface area (Å²) in [6.07, 6.45) is 10.8. The molecule has 9 nitrogen and oxygen atoms in total. The van der Waals surface area contributed by atoms with Gasteiger partial charge in [0.15, 0.2) is 0 Å². The van der Waals surface area contributed by atoms with Crippen molar-refractivity contribution in [2.45, 2.75) is 115 Å². The predicted molar refractivity (Wildman–Crippen MR) is 113 cm³/mol. The maximum absolute atomic E-state index is 11.8. The molecule has 2 aliphatic rings. The number of hydrogen-bond donors (Lipinski definition) is 0. The number of carbonyl (C=O) groups excluding carboxylic acids is 2. The van der Waals surface area contributed by atoms with Crippen LogP contribution in [0.25, 0.3) is 0 Å². The fourth-order valence-corrected chi connectivity index (χ4v) is 5.37. The summed E-state index contributed by atoms with van der Waals surface area (Å²) in [7, 11) is -4.31. The summed E-state index contributed by atoms with van der Waals surface area (Å²) in [5, 5.41) is 0. The Kier molecular flexibility index (Phi) is 12.0. The van der Waals surface area contributed by atoms with E-state index < -0.39 is 39.8 Å². The number of hydrogen-bond acceptors (Lipinski definition) is 9. The van der Waals surface area contributed by atoms with E-state index in [4.69, 9.17) is 12.5 Å². The van der Waals surface area contributed by atoms with Gasteiger partial charge in [-0.25, -0.2) is 4.18 Å². The standard InChI is InChI=1S/C20H34O9S2/c21-19(27-30(23)26-17-11-5-3-6-12-17)15-9-1-2-10-16-20(22)29-31(24,25)28-18-13-7-4-8-14-18/h17-18H,1-16H2. The van der Waals surface area contributed by atoms with E-state index in [9.17, 15) is 22.2 Å². The van der Waals surface area contributed by atoms with Crippen LogP contribution in [0.1, 0.15) is 103 Å². The van der Waals surface area contributed by atoms with Gasteiger partial charge in [-0.15, -0.1) is 0 Å². The van der Waals surface area contributed by atoms with Crippen molar-refractivity contribution in [3.63, 3.8) is 0 Å². The second-order valence-corrected chi connectivity index (χ2v) is 10.1. The van der Waals surface area contributed by atoms with E-state index in [0.29, 0.717) is 38.5 Å². The molecule has 0 radical (unpaired) electrons. The van der Waals surface area contributed by atoms with Gasteiger partial charge in [-0.3, -0.25) is 13.8 Å². The van der Waals surface area contributed by atoms with Crippen LogP contribution in [0.5, 0.6) is 0 Å². The summed E-state index contributed by atoms with van der Waals surface area (Å²) in [6, 6.07) is 0. The molecule has 0 saturated heterocycles. The van der Waals surface area contributed by atoms with Crippen LogP contribution in [0, 0.1) is 0 Å². The zero-order chi connectivity index (χ0) is 22.5. The largest absolute Gasteiger partial charge is 0.451 e. The lowest BCUT2D eigenvalue weighted by atomic mass is 9.98. The van der Waals surface area contributed by atoms with Crippen molar-refractivity contribution in [1.29, 1.82) is 0 Å². The van der Waals surface area contributed by atoms with Gasteiger partial charge < -0.3 is 8.37 Å².